The van der Waals surface area contributed by atoms with Crippen LogP contribution in [0.5, 0.6) is 11.5 Å². The number of fused-ring (bicyclic) bond motifs is 1. The quantitative estimate of drug-likeness (QED) is 0.729. The molecule has 0 amide bonds. The molecule has 1 heterocycles. The fraction of sp³-hybridized carbons (Fsp3) is 0.462. The van der Waals surface area contributed by atoms with Gasteiger partial charge in [0.1, 0.15) is 19.5 Å². The van der Waals surface area contributed by atoms with E-state index in [9.17, 15) is 4.79 Å². The first-order valence-corrected chi connectivity index (χ1v) is 5.73. The predicted octanol–water partition coefficient (Wildman–Crippen LogP) is 2.15. The van der Waals surface area contributed by atoms with Crippen molar-refractivity contribution in [3.8, 4) is 11.5 Å². The van der Waals surface area contributed by atoms with Crippen molar-refractivity contribution in [3.05, 3.63) is 23.8 Å². The smallest absolute Gasteiger partial charge is 0.161 e. The van der Waals surface area contributed by atoms with Crippen molar-refractivity contribution in [3.63, 3.8) is 0 Å². The first-order valence-electron chi connectivity index (χ1n) is 5.73. The van der Waals surface area contributed by atoms with Crippen LogP contribution in [0.1, 0.15) is 24.3 Å². The zero-order valence-corrected chi connectivity index (χ0v) is 9.02. The average molecular weight is 218 g/mol. The summed E-state index contributed by atoms with van der Waals surface area (Å²) in [4.78, 5) is 11.1. The van der Waals surface area contributed by atoms with Crippen LogP contribution in [0.25, 0.3) is 0 Å². The Bertz CT molecular complexity index is 410. The van der Waals surface area contributed by atoms with Gasteiger partial charge in [-0.1, -0.05) is 6.07 Å². The summed E-state index contributed by atoms with van der Waals surface area (Å²) in [5.74, 6) is 2.14. The lowest BCUT2D eigenvalue weighted by Crippen LogP contribution is -2.15. The second-order valence-electron chi connectivity index (χ2n) is 4.40. The Morgan fingerprint density at radius 1 is 1.19 bits per heavy atom. The molecule has 3 heteroatoms. The summed E-state index contributed by atoms with van der Waals surface area (Å²) in [5, 5.41) is 0. The third kappa shape index (κ3) is 1.66. The van der Waals surface area contributed by atoms with E-state index in [1.807, 2.05) is 18.2 Å². The fourth-order valence-corrected chi connectivity index (χ4v) is 2.18. The SMILES string of the molecule is O=CC(c1ccc2c(c1)OCCO2)C1CC1. The molecule has 2 aliphatic rings. The van der Waals surface area contributed by atoms with Crippen molar-refractivity contribution in [2.24, 2.45) is 5.92 Å². The minimum atomic E-state index is 0.0378. The van der Waals surface area contributed by atoms with Gasteiger partial charge in [0.05, 0.1) is 0 Å². The van der Waals surface area contributed by atoms with Gasteiger partial charge in [0.2, 0.25) is 0 Å². The summed E-state index contributed by atoms with van der Waals surface area (Å²) in [6.07, 6.45) is 3.39. The van der Waals surface area contributed by atoms with E-state index in [0.717, 1.165) is 36.2 Å². The van der Waals surface area contributed by atoms with Crippen LogP contribution >= 0.6 is 0 Å². The molecule has 0 bridgehead atoms. The van der Waals surface area contributed by atoms with E-state index in [-0.39, 0.29) is 5.92 Å². The molecule has 1 saturated carbocycles. The minimum Gasteiger partial charge on any atom is -0.486 e. The molecule has 1 aliphatic carbocycles. The molecule has 0 radical (unpaired) electrons. The van der Waals surface area contributed by atoms with Crippen molar-refractivity contribution < 1.29 is 14.3 Å². The van der Waals surface area contributed by atoms with Gasteiger partial charge in [-0.2, -0.15) is 0 Å². The molecular formula is C13H14O3. The molecule has 1 aliphatic heterocycles. The number of carbonyl (C=O) groups is 1. The minimum absolute atomic E-state index is 0.0378. The largest absolute Gasteiger partial charge is 0.486 e. The maximum absolute atomic E-state index is 11.1. The van der Waals surface area contributed by atoms with Crippen LogP contribution in [0.4, 0.5) is 0 Å². The summed E-state index contributed by atoms with van der Waals surface area (Å²) in [7, 11) is 0. The van der Waals surface area contributed by atoms with Gasteiger partial charge >= 0.3 is 0 Å². The zero-order chi connectivity index (χ0) is 11.0. The Hall–Kier alpha value is -1.51. The van der Waals surface area contributed by atoms with Crippen LogP contribution in [0.15, 0.2) is 18.2 Å². The third-order valence-electron chi connectivity index (χ3n) is 3.23. The molecule has 1 fully saturated rings. The second kappa shape index (κ2) is 3.81. The van der Waals surface area contributed by atoms with E-state index >= 15 is 0 Å². The van der Waals surface area contributed by atoms with Gasteiger partial charge in [-0.3, -0.25) is 0 Å². The van der Waals surface area contributed by atoms with E-state index in [4.69, 9.17) is 9.47 Å². The van der Waals surface area contributed by atoms with Gasteiger partial charge in [-0.25, -0.2) is 0 Å². The molecule has 3 rings (SSSR count). The highest BCUT2D eigenvalue weighted by molar-refractivity contribution is 5.64. The molecule has 1 aromatic carbocycles. The van der Waals surface area contributed by atoms with E-state index in [1.165, 1.54) is 0 Å². The Balaban J connectivity index is 1.92. The first kappa shape index (κ1) is 9.70. The lowest BCUT2D eigenvalue weighted by Gasteiger charge is -2.20. The molecule has 3 nitrogen and oxygen atoms in total. The standard InChI is InChI=1S/C13H14O3/c14-8-11(9-1-2-9)10-3-4-12-13(7-10)16-6-5-15-12/h3-4,7-9,11H,1-2,5-6H2. The van der Waals surface area contributed by atoms with Crippen molar-refractivity contribution in [1.82, 2.24) is 0 Å². The monoisotopic (exact) mass is 218 g/mol. The molecule has 1 aromatic rings. The summed E-state index contributed by atoms with van der Waals surface area (Å²) in [6.45, 7) is 1.19. The first-order chi connectivity index (χ1) is 7.88. The Kier molecular flexibility index (Phi) is 2.31. The molecule has 16 heavy (non-hydrogen) atoms. The topological polar surface area (TPSA) is 35.5 Å². The van der Waals surface area contributed by atoms with Crippen LogP contribution in [0, 0.1) is 5.92 Å². The van der Waals surface area contributed by atoms with Crippen molar-refractivity contribution in [2.45, 2.75) is 18.8 Å². The lowest BCUT2D eigenvalue weighted by molar-refractivity contribution is -0.109. The summed E-state index contributed by atoms with van der Waals surface area (Å²) in [5.41, 5.74) is 1.06. The molecule has 0 saturated heterocycles. The van der Waals surface area contributed by atoms with Crippen molar-refractivity contribution >= 4 is 6.29 Å². The Morgan fingerprint density at radius 3 is 2.62 bits per heavy atom. The molecule has 1 atom stereocenters. The van der Waals surface area contributed by atoms with Gasteiger partial charge in [0, 0.05) is 5.92 Å². The van der Waals surface area contributed by atoms with E-state index in [1.54, 1.807) is 0 Å². The zero-order valence-electron chi connectivity index (χ0n) is 9.02. The number of benzene rings is 1. The number of carbonyl (C=O) groups excluding carboxylic acids is 1. The van der Waals surface area contributed by atoms with Crippen LogP contribution in [-0.4, -0.2) is 19.5 Å². The highest BCUT2D eigenvalue weighted by atomic mass is 16.6. The van der Waals surface area contributed by atoms with E-state index < -0.39 is 0 Å². The van der Waals surface area contributed by atoms with Gasteiger partial charge < -0.3 is 14.3 Å². The van der Waals surface area contributed by atoms with Gasteiger partial charge in [0.25, 0.3) is 0 Å². The van der Waals surface area contributed by atoms with E-state index in [2.05, 4.69) is 0 Å². The lowest BCUT2D eigenvalue weighted by atomic mass is 9.95. The van der Waals surface area contributed by atoms with Gasteiger partial charge in [-0.15, -0.1) is 0 Å². The molecule has 0 aromatic heterocycles. The van der Waals surface area contributed by atoms with Crippen molar-refractivity contribution in [2.75, 3.05) is 13.2 Å². The normalized spacial score (nSPS) is 20.2. The molecule has 84 valence electrons. The number of hydrogen-bond acceptors (Lipinski definition) is 3. The van der Waals surface area contributed by atoms with Crippen LogP contribution < -0.4 is 9.47 Å². The maximum atomic E-state index is 11.1. The number of ether oxygens (including phenoxy) is 2. The predicted molar refractivity (Wildman–Crippen MR) is 59.0 cm³/mol. The van der Waals surface area contributed by atoms with Gasteiger partial charge in [-0.05, 0) is 36.5 Å². The second-order valence-corrected chi connectivity index (χ2v) is 4.40. The third-order valence-corrected chi connectivity index (χ3v) is 3.23. The molecule has 0 spiro atoms. The number of aldehydes is 1. The Morgan fingerprint density at radius 2 is 1.94 bits per heavy atom. The maximum Gasteiger partial charge on any atom is 0.161 e. The van der Waals surface area contributed by atoms with Crippen LogP contribution in [0.3, 0.4) is 0 Å². The van der Waals surface area contributed by atoms with Crippen LogP contribution in [-0.2, 0) is 4.79 Å². The molecule has 0 N–H and O–H groups in total. The summed E-state index contributed by atoms with van der Waals surface area (Å²) >= 11 is 0. The summed E-state index contributed by atoms with van der Waals surface area (Å²) < 4.78 is 11.0. The number of hydrogen-bond donors (Lipinski definition) is 0. The summed E-state index contributed by atoms with van der Waals surface area (Å²) in [6, 6.07) is 5.83. The molecular weight excluding hydrogens is 204 g/mol. The highest BCUT2D eigenvalue weighted by Crippen LogP contribution is 2.43. The fourth-order valence-electron chi connectivity index (χ4n) is 2.18. The average Bonchev–Trinajstić information content (AvgIpc) is 3.14. The molecule has 1 unspecified atom stereocenters. The number of rotatable bonds is 3. The Labute approximate surface area is 94.4 Å². The van der Waals surface area contributed by atoms with E-state index in [0.29, 0.717) is 19.1 Å². The highest BCUT2D eigenvalue weighted by Gasteiger charge is 2.32. The van der Waals surface area contributed by atoms with Crippen LogP contribution in [0.2, 0.25) is 0 Å². The van der Waals surface area contributed by atoms with Gasteiger partial charge in [0.15, 0.2) is 11.5 Å². The van der Waals surface area contributed by atoms with Crippen molar-refractivity contribution in [1.29, 1.82) is 0 Å².